The fraction of sp³-hybridized carbons (Fsp3) is 0.667. The fourth-order valence-corrected chi connectivity index (χ4v) is 3.44. The molecule has 1 aliphatic heterocycles. The molecule has 0 aliphatic carbocycles. The molecule has 1 aromatic carbocycles. The molecule has 1 atom stereocenters. The van der Waals surface area contributed by atoms with Gasteiger partial charge in [-0.05, 0) is 36.5 Å². The van der Waals surface area contributed by atoms with E-state index < -0.39 is 0 Å². The normalized spacial score (nSPS) is 17.0. The molecule has 1 unspecified atom stereocenters. The van der Waals surface area contributed by atoms with Crippen LogP contribution in [-0.4, -0.2) is 70.5 Å². The summed E-state index contributed by atoms with van der Waals surface area (Å²) < 4.78 is 10.8. The standard InChI is InChI=1S/C21H36N4O2/c1-17(2)20(25-11-13-27-14-12-25)16-24-21(22-3)23-10-6-8-18-7-5-9-19(15-18)26-4/h5,7,9,15,17,20H,6,8,10-14,16H2,1-4H3,(H2,22,23,24). The van der Waals surface area contributed by atoms with Crippen LogP contribution < -0.4 is 15.4 Å². The molecule has 0 bridgehead atoms. The van der Waals surface area contributed by atoms with Crippen molar-refractivity contribution in [3.05, 3.63) is 29.8 Å². The van der Waals surface area contributed by atoms with Crippen LogP contribution in [0.15, 0.2) is 29.3 Å². The number of aryl methyl sites for hydroxylation is 1. The van der Waals surface area contributed by atoms with Crippen LogP contribution in [0.1, 0.15) is 25.8 Å². The highest BCUT2D eigenvalue weighted by Gasteiger charge is 2.23. The molecule has 0 amide bonds. The molecule has 0 radical (unpaired) electrons. The maximum absolute atomic E-state index is 5.49. The van der Waals surface area contributed by atoms with E-state index in [2.05, 4.69) is 46.5 Å². The predicted octanol–water partition coefficient (Wildman–Crippen LogP) is 2.15. The molecule has 0 aromatic heterocycles. The molecule has 6 heteroatoms. The second kappa shape index (κ2) is 11.8. The second-order valence-electron chi connectivity index (χ2n) is 7.29. The van der Waals surface area contributed by atoms with E-state index in [-0.39, 0.29) is 0 Å². The van der Waals surface area contributed by atoms with Crippen LogP contribution in [0.4, 0.5) is 0 Å². The molecule has 2 rings (SSSR count). The molecule has 1 heterocycles. The molecule has 0 saturated carbocycles. The summed E-state index contributed by atoms with van der Waals surface area (Å²) in [5.41, 5.74) is 1.30. The van der Waals surface area contributed by atoms with E-state index in [9.17, 15) is 0 Å². The Morgan fingerprint density at radius 2 is 2.04 bits per heavy atom. The van der Waals surface area contributed by atoms with Gasteiger partial charge in [0.05, 0.1) is 20.3 Å². The number of nitrogens with zero attached hydrogens (tertiary/aromatic N) is 2. The average molecular weight is 377 g/mol. The molecule has 2 N–H and O–H groups in total. The smallest absolute Gasteiger partial charge is 0.191 e. The number of nitrogens with one attached hydrogen (secondary N) is 2. The van der Waals surface area contributed by atoms with E-state index in [0.717, 1.165) is 63.9 Å². The van der Waals surface area contributed by atoms with Gasteiger partial charge in [-0.15, -0.1) is 0 Å². The van der Waals surface area contributed by atoms with Crippen molar-refractivity contribution in [2.24, 2.45) is 10.9 Å². The zero-order valence-corrected chi connectivity index (χ0v) is 17.3. The molecular weight excluding hydrogens is 340 g/mol. The molecular formula is C21H36N4O2. The van der Waals surface area contributed by atoms with Gasteiger partial charge in [0.2, 0.25) is 0 Å². The van der Waals surface area contributed by atoms with Crippen LogP contribution in [0.5, 0.6) is 5.75 Å². The van der Waals surface area contributed by atoms with Crippen LogP contribution in [0.2, 0.25) is 0 Å². The number of aliphatic imine (C=N–C) groups is 1. The molecule has 152 valence electrons. The van der Waals surface area contributed by atoms with Crippen molar-refractivity contribution < 1.29 is 9.47 Å². The van der Waals surface area contributed by atoms with E-state index in [4.69, 9.17) is 9.47 Å². The Morgan fingerprint density at radius 3 is 2.70 bits per heavy atom. The van der Waals surface area contributed by atoms with Gasteiger partial charge in [-0.1, -0.05) is 26.0 Å². The summed E-state index contributed by atoms with van der Waals surface area (Å²) in [5, 5.41) is 6.93. The monoisotopic (exact) mass is 376 g/mol. The molecule has 27 heavy (non-hydrogen) atoms. The largest absolute Gasteiger partial charge is 0.497 e. The van der Waals surface area contributed by atoms with Gasteiger partial charge in [0.15, 0.2) is 5.96 Å². The Labute approximate surface area is 164 Å². The minimum Gasteiger partial charge on any atom is -0.497 e. The van der Waals surface area contributed by atoms with Crippen molar-refractivity contribution in [1.29, 1.82) is 0 Å². The highest BCUT2D eigenvalue weighted by Crippen LogP contribution is 2.14. The van der Waals surface area contributed by atoms with Crippen LogP contribution in [0, 0.1) is 5.92 Å². The summed E-state index contributed by atoms with van der Waals surface area (Å²) in [7, 11) is 3.54. The first-order valence-corrected chi connectivity index (χ1v) is 10.0. The van der Waals surface area contributed by atoms with Gasteiger partial charge >= 0.3 is 0 Å². The van der Waals surface area contributed by atoms with Crippen molar-refractivity contribution >= 4 is 5.96 Å². The second-order valence-corrected chi connectivity index (χ2v) is 7.29. The number of benzene rings is 1. The minimum absolute atomic E-state index is 0.490. The molecule has 0 spiro atoms. The first kappa shape index (κ1) is 21.5. The van der Waals surface area contributed by atoms with E-state index in [1.165, 1.54) is 5.56 Å². The summed E-state index contributed by atoms with van der Waals surface area (Å²) in [6.45, 7) is 10.0. The Bertz CT molecular complexity index is 571. The lowest BCUT2D eigenvalue weighted by atomic mass is 10.0. The summed E-state index contributed by atoms with van der Waals surface area (Å²) in [5.74, 6) is 2.38. The van der Waals surface area contributed by atoms with E-state index in [1.807, 2.05) is 19.2 Å². The summed E-state index contributed by atoms with van der Waals surface area (Å²) >= 11 is 0. The molecule has 1 aromatic rings. The zero-order chi connectivity index (χ0) is 19.5. The maximum atomic E-state index is 5.49. The van der Waals surface area contributed by atoms with Crippen molar-refractivity contribution in [3.63, 3.8) is 0 Å². The quantitative estimate of drug-likeness (QED) is 0.393. The number of morpholine rings is 1. The van der Waals surface area contributed by atoms with E-state index >= 15 is 0 Å². The highest BCUT2D eigenvalue weighted by molar-refractivity contribution is 5.79. The summed E-state index contributed by atoms with van der Waals surface area (Å²) in [4.78, 5) is 6.89. The third-order valence-corrected chi connectivity index (χ3v) is 5.06. The Kier molecular flexibility index (Phi) is 9.42. The van der Waals surface area contributed by atoms with Gasteiger partial charge in [0.1, 0.15) is 5.75 Å². The van der Waals surface area contributed by atoms with Crippen LogP contribution >= 0.6 is 0 Å². The summed E-state index contributed by atoms with van der Waals surface area (Å²) in [6.07, 6.45) is 2.06. The van der Waals surface area contributed by atoms with Crippen LogP contribution in [-0.2, 0) is 11.2 Å². The lowest BCUT2D eigenvalue weighted by Gasteiger charge is -2.37. The maximum Gasteiger partial charge on any atom is 0.191 e. The number of methoxy groups -OCH3 is 1. The van der Waals surface area contributed by atoms with Gasteiger partial charge in [-0.2, -0.15) is 0 Å². The molecule has 1 aliphatic rings. The van der Waals surface area contributed by atoms with E-state index in [0.29, 0.717) is 12.0 Å². The van der Waals surface area contributed by atoms with Crippen molar-refractivity contribution in [3.8, 4) is 5.75 Å². The lowest BCUT2D eigenvalue weighted by molar-refractivity contribution is 0.00752. The van der Waals surface area contributed by atoms with E-state index in [1.54, 1.807) is 7.11 Å². The number of ether oxygens (including phenoxy) is 2. The Morgan fingerprint density at radius 1 is 1.26 bits per heavy atom. The van der Waals surface area contributed by atoms with Gasteiger partial charge in [0.25, 0.3) is 0 Å². The lowest BCUT2D eigenvalue weighted by Crippen LogP contribution is -2.52. The minimum atomic E-state index is 0.490. The Balaban J connectivity index is 1.72. The van der Waals surface area contributed by atoms with Gasteiger partial charge in [-0.3, -0.25) is 9.89 Å². The number of rotatable bonds is 9. The average Bonchev–Trinajstić information content (AvgIpc) is 2.70. The van der Waals surface area contributed by atoms with Crippen molar-refractivity contribution in [2.45, 2.75) is 32.7 Å². The predicted molar refractivity (Wildman–Crippen MR) is 112 cm³/mol. The van der Waals surface area contributed by atoms with Crippen molar-refractivity contribution in [1.82, 2.24) is 15.5 Å². The topological polar surface area (TPSA) is 58.1 Å². The van der Waals surface area contributed by atoms with Crippen LogP contribution in [0.25, 0.3) is 0 Å². The Hall–Kier alpha value is -1.79. The third kappa shape index (κ3) is 7.39. The third-order valence-electron chi connectivity index (χ3n) is 5.06. The van der Waals surface area contributed by atoms with Crippen LogP contribution in [0.3, 0.4) is 0 Å². The van der Waals surface area contributed by atoms with Gasteiger partial charge in [0, 0.05) is 39.3 Å². The number of hydrogen-bond acceptors (Lipinski definition) is 4. The molecule has 6 nitrogen and oxygen atoms in total. The molecule has 1 fully saturated rings. The zero-order valence-electron chi connectivity index (χ0n) is 17.3. The number of hydrogen-bond donors (Lipinski definition) is 2. The fourth-order valence-electron chi connectivity index (χ4n) is 3.44. The number of guanidine groups is 1. The first-order valence-electron chi connectivity index (χ1n) is 10.0. The molecule has 1 saturated heterocycles. The van der Waals surface area contributed by atoms with Crippen molar-refractivity contribution in [2.75, 3.05) is 53.6 Å². The first-order chi connectivity index (χ1) is 13.1. The highest BCUT2D eigenvalue weighted by atomic mass is 16.5. The summed E-state index contributed by atoms with van der Waals surface area (Å²) in [6, 6.07) is 8.75. The van der Waals surface area contributed by atoms with Gasteiger partial charge in [-0.25, -0.2) is 0 Å². The van der Waals surface area contributed by atoms with Gasteiger partial charge < -0.3 is 20.1 Å². The SMILES string of the molecule is CN=C(NCCCc1cccc(OC)c1)NCC(C(C)C)N1CCOCC1.